The Labute approximate surface area is 149 Å². The van der Waals surface area contributed by atoms with E-state index in [9.17, 15) is 9.18 Å². The number of likely N-dealkylation sites (tertiary alicyclic amines) is 1. The van der Waals surface area contributed by atoms with Gasteiger partial charge in [0.1, 0.15) is 12.7 Å². The lowest BCUT2D eigenvalue weighted by Crippen LogP contribution is -2.47. The van der Waals surface area contributed by atoms with Gasteiger partial charge in [-0.05, 0) is 43.9 Å². The highest BCUT2D eigenvalue weighted by molar-refractivity contribution is 5.85. The van der Waals surface area contributed by atoms with E-state index in [2.05, 4.69) is 34.1 Å². The average molecular weight is 351 g/mol. The molecule has 140 valence electrons. The summed E-state index contributed by atoms with van der Waals surface area (Å²) >= 11 is 0. The molecule has 7 heteroatoms. The van der Waals surface area contributed by atoms with Gasteiger partial charge < -0.3 is 10.2 Å². The third-order valence-electron chi connectivity index (χ3n) is 5.49. The van der Waals surface area contributed by atoms with E-state index in [4.69, 9.17) is 0 Å². The number of aromatic nitrogens is 3. The molecular weight excluding hydrogens is 321 g/mol. The normalized spacial score (nSPS) is 26.3. The number of hydrogen-bond donors (Lipinski definition) is 1. The van der Waals surface area contributed by atoms with Crippen LogP contribution < -0.4 is 5.32 Å². The topological polar surface area (TPSA) is 63.1 Å². The Balaban J connectivity index is 1.55. The highest BCUT2D eigenvalue weighted by Gasteiger charge is 2.42. The lowest BCUT2D eigenvalue weighted by atomic mass is 9.85. The number of rotatable bonds is 5. The van der Waals surface area contributed by atoms with Crippen LogP contribution in [0.2, 0.25) is 0 Å². The molecule has 1 aliphatic carbocycles. The van der Waals surface area contributed by atoms with Gasteiger partial charge in [0, 0.05) is 25.7 Å². The number of nitrogens with one attached hydrogen (secondary N) is 1. The van der Waals surface area contributed by atoms with Gasteiger partial charge in [0.05, 0.1) is 6.54 Å². The first kappa shape index (κ1) is 18.3. The van der Waals surface area contributed by atoms with E-state index in [0.29, 0.717) is 12.8 Å². The monoisotopic (exact) mass is 351 g/mol. The van der Waals surface area contributed by atoms with E-state index in [-0.39, 0.29) is 17.4 Å². The van der Waals surface area contributed by atoms with E-state index in [0.717, 1.165) is 51.9 Å². The SMILES string of the molecule is CC1(C)CC(NC(=O)C2(F)CCCC2)CCN(CCn2cncn2)C1. The minimum atomic E-state index is -1.64. The largest absolute Gasteiger partial charge is 0.351 e. The predicted octanol–water partition coefficient (Wildman–Crippen LogP) is 2.17. The molecule has 0 spiro atoms. The zero-order valence-corrected chi connectivity index (χ0v) is 15.4. The third-order valence-corrected chi connectivity index (χ3v) is 5.49. The summed E-state index contributed by atoms with van der Waals surface area (Å²) in [4.78, 5) is 18.8. The molecule has 1 aromatic rings. The summed E-state index contributed by atoms with van der Waals surface area (Å²) in [6, 6.07) is 0.0482. The van der Waals surface area contributed by atoms with Crippen LogP contribution in [0.25, 0.3) is 0 Å². The number of amides is 1. The maximum absolute atomic E-state index is 14.7. The molecule has 1 unspecified atom stereocenters. The van der Waals surface area contributed by atoms with E-state index in [1.54, 1.807) is 12.7 Å². The predicted molar refractivity (Wildman–Crippen MR) is 93.7 cm³/mol. The first-order chi connectivity index (χ1) is 11.9. The number of hydrogen-bond acceptors (Lipinski definition) is 4. The van der Waals surface area contributed by atoms with Crippen LogP contribution in [0.1, 0.15) is 52.4 Å². The minimum absolute atomic E-state index is 0.0482. The fraction of sp³-hybridized carbons (Fsp3) is 0.833. The van der Waals surface area contributed by atoms with Gasteiger partial charge in [-0.2, -0.15) is 5.10 Å². The molecule has 3 rings (SSSR count). The smallest absolute Gasteiger partial charge is 0.257 e. The Bertz CT molecular complexity index is 568. The van der Waals surface area contributed by atoms with Crippen LogP contribution in [-0.2, 0) is 11.3 Å². The summed E-state index contributed by atoms with van der Waals surface area (Å²) in [6.45, 7) is 8.03. The summed E-state index contributed by atoms with van der Waals surface area (Å²) in [7, 11) is 0. The molecule has 1 atom stereocenters. The molecule has 1 N–H and O–H groups in total. The van der Waals surface area contributed by atoms with Crippen molar-refractivity contribution in [2.75, 3.05) is 19.6 Å². The lowest BCUT2D eigenvalue weighted by molar-refractivity contribution is -0.133. The van der Waals surface area contributed by atoms with Crippen LogP contribution in [0.3, 0.4) is 0 Å². The molecule has 0 bridgehead atoms. The Morgan fingerprint density at radius 3 is 2.76 bits per heavy atom. The summed E-state index contributed by atoms with van der Waals surface area (Å²) < 4.78 is 16.5. The minimum Gasteiger partial charge on any atom is -0.351 e. The maximum atomic E-state index is 14.7. The van der Waals surface area contributed by atoms with Crippen molar-refractivity contribution in [3.63, 3.8) is 0 Å². The fourth-order valence-electron chi connectivity index (χ4n) is 4.24. The maximum Gasteiger partial charge on any atom is 0.257 e. The standard InChI is InChI=1S/C18H30FN5O/c1-17(2)11-15(22-16(25)18(19)6-3-4-7-18)5-8-23(12-17)9-10-24-14-20-13-21-24/h13-15H,3-12H2,1-2H3,(H,22,25). The number of halogens is 1. The second-order valence-electron chi connectivity index (χ2n) is 8.43. The number of alkyl halides is 1. The van der Waals surface area contributed by atoms with Gasteiger partial charge in [-0.3, -0.25) is 9.48 Å². The lowest BCUT2D eigenvalue weighted by Gasteiger charge is -2.31. The molecular formula is C18H30FN5O. The number of carbonyl (C=O) groups is 1. The van der Waals surface area contributed by atoms with Crippen LogP contribution >= 0.6 is 0 Å². The summed E-state index contributed by atoms with van der Waals surface area (Å²) in [6.07, 6.45) is 7.41. The second-order valence-corrected chi connectivity index (χ2v) is 8.43. The Morgan fingerprint density at radius 2 is 2.08 bits per heavy atom. The molecule has 2 aliphatic rings. The van der Waals surface area contributed by atoms with Gasteiger partial charge in [0.15, 0.2) is 5.67 Å². The molecule has 0 radical (unpaired) electrons. The highest BCUT2D eigenvalue weighted by atomic mass is 19.1. The van der Waals surface area contributed by atoms with Crippen LogP contribution in [0, 0.1) is 5.41 Å². The molecule has 6 nitrogen and oxygen atoms in total. The summed E-state index contributed by atoms with van der Waals surface area (Å²) in [5.41, 5.74) is -1.56. The third kappa shape index (κ3) is 4.77. The van der Waals surface area contributed by atoms with Crippen molar-refractivity contribution >= 4 is 5.91 Å². The first-order valence-corrected chi connectivity index (χ1v) is 9.41. The molecule has 1 aliphatic heterocycles. The number of nitrogens with zero attached hydrogens (tertiary/aromatic N) is 4. The Kier molecular flexibility index (Phi) is 5.41. The summed E-state index contributed by atoms with van der Waals surface area (Å²) in [5, 5.41) is 7.17. The first-order valence-electron chi connectivity index (χ1n) is 9.41. The van der Waals surface area contributed by atoms with Crippen LogP contribution in [0.15, 0.2) is 12.7 Å². The van der Waals surface area contributed by atoms with Crippen molar-refractivity contribution in [2.45, 2.75) is 70.6 Å². The van der Waals surface area contributed by atoms with E-state index in [1.807, 2.05) is 4.68 Å². The molecule has 1 amide bonds. The van der Waals surface area contributed by atoms with Crippen molar-refractivity contribution in [2.24, 2.45) is 5.41 Å². The zero-order valence-electron chi connectivity index (χ0n) is 15.4. The summed E-state index contributed by atoms with van der Waals surface area (Å²) in [5.74, 6) is -0.387. The Morgan fingerprint density at radius 1 is 1.32 bits per heavy atom. The van der Waals surface area contributed by atoms with Crippen LogP contribution in [-0.4, -0.2) is 56.9 Å². The van der Waals surface area contributed by atoms with Gasteiger partial charge in [0.25, 0.3) is 5.91 Å². The van der Waals surface area contributed by atoms with Gasteiger partial charge in [0.2, 0.25) is 0 Å². The quantitative estimate of drug-likeness (QED) is 0.883. The van der Waals surface area contributed by atoms with Crippen molar-refractivity contribution in [3.8, 4) is 0 Å². The number of carbonyl (C=O) groups excluding carboxylic acids is 1. The van der Waals surface area contributed by atoms with E-state index >= 15 is 0 Å². The molecule has 0 aromatic carbocycles. The van der Waals surface area contributed by atoms with Crippen molar-refractivity contribution < 1.29 is 9.18 Å². The van der Waals surface area contributed by atoms with Crippen molar-refractivity contribution in [1.29, 1.82) is 0 Å². The van der Waals surface area contributed by atoms with Crippen molar-refractivity contribution in [1.82, 2.24) is 25.0 Å². The van der Waals surface area contributed by atoms with E-state index < -0.39 is 5.67 Å². The van der Waals surface area contributed by atoms with Gasteiger partial charge in [-0.15, -0.1) is 0 Å². The molecule has 1 saturated carbocycles. The Hall–Kier alpha value is -1.50. The van der Waals surface area contributed by atoms with Gasteiger partial charge in [-0.1, -0.05) is 13.8 Å². The molecule has 1 saturated heterocycles. The van der Waals surface area contributed by atoms with Gasteiger partial charge >= 0.3 is 0 Å². The molecule has 2 heterocycles. The molecule has 2 fully saturated rings. The fourth-order valence-corrected chi connectivity index (χ4v) is 4.24. The molecule has 1 aromatic heterocycles. The zero-order chi connectivity index (χ0) is 17.9. The van der Waals surface area contributed by atoms with E-state index in [1.165, 1.54) is 0 Å². The van der Waals surface area contributed by atoms with Crippen LogP contribution in [0.4, 0.5) is 4.39 Å². The van der Waals surface area contributed by atoms with Gasteiger partial charge in [-0.25, -0.2) is 9.37 Å². The molecule has 25 heavy (non-hydrogen) atoms. The van der Waals surface area contributed by atoms with Crippen molar-refractivity contribution in [3.05, 3.63) is 12.7 Å². The highest BCUT2D eigenvalue weighted by Crippen LogP contribution is 2.34. The second kappa shape index (κ2) is 7.40. The van der Waals surface area contributed by atoms with Crippen LogP contribution in [0.5, 0.6) is 0 Å². The average Bonchev–Trinajstić information content (AvgIpc) is 3.18.